The topological polar surface area (TPSA) is 64.9 Å². The molecule has 7 heteroatoms. The number of nitriles is 1. The molecule has 0 fully saturated rings. The van der Waals surface area contributed by atoms with Gasteiger partial charge in [-0.2, -0.15) is 5.26 Å². The van der Waals surface area contributed by atoms with Crippen molar-refractivity contribution in [3.8, 4) is 6.07 Å². The Bertz CT molecular complexity index is 630. The number of hydrogen-bond donors (Lipinski definition) is 2. The number of rotatable bonds is 6. The Morgan fingerprint density at radius 2 is 1.96 bits per heavy atom. The number of nitrogens with zero attached hydrogens (tertiary/aromatic N) is 1. The van der Waals surface area contributed by atoms with E-state index in [0.29, 0.717) is 10.6 Å². The van der Waals surface area contributed by atoms with Crippen molar-refractivity contribution in [1.82, 2.24) is 10.6 Å². The predicted molar refractivity (Wildman–Crippen MR) is 89.8 cm³/mol. The lowest BCUT2D eigenvalue weighted by Gasteiger charge is -2.27. The van der Waals surface area contributed by atoms with E-state index in [2.05, 4.69) is 16.7 Å². The molecular weight excluding hydrogens is 340 g/mol. The summed E-state index contributed by atoms with van der Waals surface area (Å²) in [5.74, 6) is -0.921. The molecule has 0 saturated heterocycles. The van der Waals surface area contributed by atoms with Crippen molar-refractivity contribution >= 4 is 29.1 Å². The molecule has 2 atom stereocenters. The van der Waals surface area contributed by atoms with E-state index in [1.807, 2.05) is 13.8 Å². The standard InChI is InChI=1S/C16H20Cl2FN3O/c1-9(2)16(4,8-20)22-15(23)7-21-10(3)11-5-14(19)13(18)6-12(11)17/h5-6,9-10,21H,7H2,1-4H3,(H,22,23)/t10-,16+/m0/s1. The lowest BCUT2D eigenvalue weighted by Crippen LogP contribution is -2.51. The summed E-state index contributed by atoms with van der Waals surface area (Å²) in [6.45, 7) is 7.12. The monoisotopic (exact) mass is 359 g/mol. The third-order valence-corrected chi connectivity index (χ3v) is 4.48. The van der Waals surface area contributed by atoms with Crippen LogP contribution in [-0.4, -0.2) is 18.0 Å². The van der Waals surface area contributed by atoms with E-state index in [-0.39, 0.29) is 29.4 Å². The van der Waals surface area contributed by atoms with Crippen molar-refractivity contribution < 1.29 is 9.18 Å². The molecule has 0 aliphatic carbocycles. The number of carbonyl (C=O) groups is 1. The summed E-state index contributed by atoms with van der Waals surface area (Å²) in [7, 11) is 0. The Labute approximate surface area is 146 Å². The fourth-order valence-electron chi connectivity index (χ4n) is 1.86. The average molecular weight is 360 g/mol. The second-order valence-corrected chi connectivity index (χ2v) is 6.72. The van der Waals surface area contributed by atoms with E-state index >= 15 is 0 Å². The van der Waals surface area contributed by atoms with Crippen molar-refractivity contribution in [2.24, 2.45) is 5.92 Å². The number of carbonyl (C=O) groups excluding carboxylic acids is 1. The van der Waals surface area contributed by atoms with Crippen LogP contribution in [0.2, 0.25) is 10.0 Å². The molecule has 1 rings (SSSR count). The third kappa shape index (κ3) is 5.07. The normalized spacial score (nSPS) is 14.9. The summed E-state index contributed by atoms with van der Waals surface area (Å²) < 4.78 is 13.5. The molecule has 0 bridgehead atoms. The molecule has 0 aromatic heterocycles. The molecule has 2 N–H and O–H groups in total. The molecule has 0 saturated carbocycles. The van der Waals surface area contributed by atoms with E-state index in [1.165, 1.54) is 12.1 Å². The molecule has 0 aliphatic heterocycles. The highest BCUT2D eigenvalue weighted by Crippen LogP contribution is 2.28. The third-order valence-electron chi connectivity index (χ3n) is 3.86. The quantitative estimate of drug-likeness (QED) is 0.758. The zero-order valence-electron chi connectivity index (χ0n) is 13.5. The Morgan fingerprint density at radius 3 is 2.48 bits per heavy atom. The zero-order valence-corrected chi connectivity index (χ0v) is 15.0. The van der Waals surface area contributed by atoms with Gasteiger partial charge in [0.05, 0.1) is 17.6 Å². The lowest BCUT2D eigenvalue weighted by molar-refractivity contribution is -0.122. The van der Waals surface area contributed by atoms with Crippen LogP contribution >= 0.6 is 23.2 Å². The molecule has 0 spiro atoms. The highest BCUT2D eigenvalue weighted by molar-refractivity contribution is 6.35. The predicted octanol–water partition coefficient (Wildman–Crippen LogP) is 3.84. The van der Waals surface area contributed by atoms with Gasteiger partial charge >= 0.3 is 0 Å². The van der Waals surface area contributed by atoms with Gasteiger partial charge in [-0.05, 0) is 37.5 Å². The van der Waals surface area contributed by atoms with Crippen LogP contribution in [-0.2, 0) is 4.79 Å². The van der Waals surface area contributed by atoms with Gasteiger partial charge in [0, 0.05) is 11.1 Å². The molecule has 1 amide bonds. The van der Waals surface area contributed by atoms with Gasteiger partial charge in [-0.15, -0.1) is 0 Å². The van der Waals surface area contributed by atoms with E-state index in [0.717, 1.165) is 0 Å². The number of halogens is 3. The van der Waals surface area contributed by atoms with Gasteiger partial charge in [-0.1, -0.05) is 37.0 Å². The fraction of sp³-hybridized carbons (Fsp3) is 0.500. The maximum absolute atomic E-state index is 13.5. The summed E-state index contributed by atoms with van der Waals surface area (Å²) in [4.78, 5) is 12.0. The fourth-order valence-corrected chi connectivity index (χ4v) is 2.41. The van der Waals surface area contributed by atoms with Crippen LogP contribution in [0.15, 0.2) is 12.1 Å². The molecule has 1 aromatic carbocycles. The van der Waals surface area contributed by atoms with Gasteiger partial charge in [-0.25, -0.2) is 4.39 Å². The summed E-state index contributed by atoms with van der Waals surface area (Å²) in [5.41, 5.74) is -0.431. The summed E-state index contributed by atoms with van der Waals surface area (Å²) >= 11 is 11.7. The smallest absolute Gasteiger partial charge is 0.235 e. The van der Waals surface area contributed by atoms with Crippen molar-refractivity contribution in [2.75, 3.05) is 6.54 Å². The second-order valence-electron chi connectivity index (χ2n) is 5.91. The SMILES string of the molecule is CC(C)[C@@](C)(C#N)NC(=O)CN[C@@H](C)c1cc(F)c(Cl)cc1Cl. The Morgan fingerprint density at radius 1 is 1.35 bits per heavy atom. The van der Waals surface area contributed by atoms with Crippen molar-refractivity contribution in [3.63, 3.8) is 0 Å². The highest BCUT2D eigenvalue weighted by atomic mass is 35.5. The Kier molecular flexibility index (Phi) is 6.82. The minimum Gasteiger partial charge on any atom is -0.337 e. The molecule has 0 unspecified atom stereocenters. The average Bonchev–Trinajstić information content (AvgIpc) is 2.48. The Hall–Kier alpha value is -1.35. The van der Waals surface area contributed by atoms with E-state index in [1.54, 1.807) is 13.8 Å². The first-order valence-corrected chi connectivity index (χ1v) is 7.96. The molecule has 4 nitrogen and oxygen atoms in total. The van der Waals surface area contributed by atoms with Crippen LogP contribution in [0.5, 0.6) is 0 Å². The largest absolute Gasteiger partial charge is 0.337 e. The first-order valence-electron chi connectivity index (χ1n) is 7.20. The number of nitrogens with one attached hydrogen (secondary N) is 2. The molecule has 0 aliphatic rings. The molecular formula is C16H20Cl2FN3O. The summed E-state index contributed by atoms with van der Waals surface area (Å²) in [5, 5.41) is 15.1. The van der Waals surface area contributed by atoms with Crippen LogP contribution in [0.25, 0.3) is 0 Å². The lowest BCUT2D eigenvalue weighted by atomic mass is 9.90. The maximum atomic E-state index is 13.5. The van der Waals surface area contributed by atoms with Crippen LogP contribution in [0.4, 0.5) is 4.39 Å². The van der Waals surface area contributed by atoms with Crippen LogP contribution in [0.1, 0.15) is 39.3 Å². The van der Waals surface area contributed by atoms with Gasteiger partial charge in [0.2, 0.25) is 5.91 Å². The van der Waals surface area contributed by atoms with Gasteiger partial charge in [0.1, 0.15) is 11.4 Å². The molecule has 23 heavy (non-hydrogen) atoms. The first-order chi connectivity index (χ1) is 10.6. The first kappa shape index (κ1) is 19.7. The van der Waals surface area contributed by atoms with Crippen LogP contribution < -0.4 is 10.6 Å². The Balaban J connectivity index is 2.70. The second kappa shape index (κ2) is 7.96. The van der Waals surface area contributed by atoms with Gasteiger partial charge in [-0.3, -0.25) is 4.79 Å². The minimum atomic E-state index is -0.938. The van der Waals surface area contributed by atoms with Crippen LogP contribution in [0, 0.1) is 23.1 Å². The van der Waals surface area contributed by atoms with Crippen LogP contribution in [0.3, 0.4) is 0 Å². The summed E-state index contributed by atoms with van der Waals surface area (Å²) in [6.07, 6.45) is 0. The zero-order chi connectivity index (χ0) is 17.8. The van der Waals surface area contributed by atoms with Crippen molar-refractivity contribution in [2.45, 2.75) is 39.3 Å². The van der Waals surface area contributed by atoms with E-state index in [9.17, 15) is 14.4 Å². The molecule has 1 aromatic rings. The van der Waals surface area contributed by atoms with Gasteiger partial charge < -0.3 is 10.6 Å². The number of benzene rings is 1. The van der Waals surface area contributed by atoms with Crippen molar-refractivity contribution in [1.29, 1.82) is 5.26 Å². The number of amides is 1. The molecule has 0 heterocycles. The van der Waals surface area contributed by atoms with Gasteiger partial charge in [0.15, 0.2) is 0 Å². The van der Waals surface area contributed by atoms with E-state index < -0.39 is 11.4 Å². The highest BCUT2D eigenvalue weighted by Gasteiger charge is 2.29. The van der Waals surface area contributed by atoms with E-state index in [4.69, 9.17) is 23.2 Å². The molecule has 0 radical (unpaired) electrons. The van der Waals surface area contributed by atoms with Crippen molar-refractivity contribution in [3.05, 3.63) is 33.6 Å². The summed E-state index contributed by atoms with van der Waals surface area (Å²) in [6, 6.07) is 4.33. The van der Waals surface area contributed by atoms with Gasteiger partial charge in [0.25, 0.3) is 0 Å². The maximum Gasteiger partial charge on any atom is 0.235 e. The minimum absolute atomic E-state index is 0.0221. The number of hydrogen-bond acceptors (Lipinski definition) is 3. The molecule has 126 valence electrons.